The zero-order chi connectivity index (χ0) is 17.2. The number of thiazole rings is 1. The molecule has 2 aromatic carbocycles. The highest BCUT2D eigenvalue weighted by atomic mass is 32.1. The van der Waals surface area contributed by atoms with Crippen LogP contribution in [-0.4, -0.2) is 36.6 Å². The third-order valence-corrected chi connectivity index (χ3v) is 4.56. The second kappa shape index (κ2) is 6.52. The van der Waals surface area contributed by atoms with Crippen LogP contribution in [0.25, 0.3) is 10.2 Å². The Hall–Kier alpha value is -2.93. The first-order chi connectivity index (χ1) is 12.2. The molecular weight excluding hydrogens is 342 g/mol. The molecule has 2 heterocycles. The summed E-state index contributed by atoms with van der Waals surface area (Å²) >= 11 is 1.44. The van der Waals surface area contributed by atoms with Crippen molar-refractivity contribution in [2.45, 2.75) is 0 Å². The normalized spacial score (nSPS) is 12.8. The molecule has 0 N–H and O–H groups in total. The Bertz CT molecular complexity index is 965. The van der Waals surface area contributed by atoms with Crippen molar-refractivity contribution in [3.8, 4) is 11.5 Å². The third-order valence-electron chi connectivity index (χ3n) is 3.77. The number of esters is 1. The average molecular weight is 355 g/mol. The number of carbonyl (C=O) groups excluding carboxylic acids is 2. The monoisotopic (exact) mass is 355 g/mol. The molecule has 0 saturated heterocycles. The van der Waals surface area contributed by atoms with Gasteiger partial charge in [-0.1, -0.05) is 0 Å². The highest BCUT2D eigenvalue weighted by molar-refractivity contribution is 7.16. The Morgan fingerprint density at radius 2 is 1.84 bits per heavy atom. The van der Waals surface area contributed by atoms with Crippen LogP contribution in [-0.2, 0) is 4.74 Å². The molecule has 0 spiro atoms. The first-order valence-electron chi connectivity index (χ1n) is 7.64. The molecule has 0 bridgehead atoms. The van der Waals surface area contributed by atoms with Crippen molar-refractivity contribution in [1.29, 1.82) is 0 Å². The second-order valence-corrected chi connectivity index (χ2v) is 6.28. The molecule has 0 radical (unpaired) electrons. The SMILES string of the molecule is O=C(COC(=O)c1ccc2ncsc2c1)c1ccc2c(c1)OCCO2. The summed E-state index contributed by atoms with van der Waals surface area (Å²) in [4.78, 5) is 28.6. The lowest BCUT2D eigenvalue weighted by Crippen LogP contribution is -2.17. The number of ether oxygens (including phenoxy) is 3. The number of carbonyl (C=O) groups is 2. The highest BCUT2D eigenvalue weighted by Crippen LogP contribution is 2.30. The Morgan fingerprint density at radius 3 is 2.72 bits per heavy atom. The Morgan fingerprint density at radius 1 is 1.04 bits per heavy atom. The minimum absolute atomic E-state index is 0.302. The Labute approximate surface area is 147 Å². The average Bonchev–Trinajstić information content (AvgIpc) is 3.13. The van der Waals surface area contributed by atoms with Crippen LogP contribution < -0.4 is 9.47 Å². The van der Waals surface area contributed by atoms with Gasteiger partial charge in [-0.05, 0) is 36.4 Å². The Balaban J connectivity index is 1.43. The summed E-state index contributed by atoms with van der Waals surface area (Å²) in [5.74, 6) is 0.294. The minimum Gasteiger partial charge on any atom is -0.486 e. The third kappa shape index (κ3) is 3.18. The summed E-state index contributed by atoms with van der Waals surface area (Å²) in [7, 11) is 0. The maximum atomic E-state index is 12.3. The second-order valence-electron chi connectivity index (χ2n) is 5.39. The van der Waals surface area contributed by atoms with Gasteiger partial charge in [0.25, 0.3) is 0 Å². The first kappa shape index (κ1) is 15.6. The molecule has 0 saturated carbocycles. The number of benzene rings is 2. The fourth-order valence-electron chi connectivity index (χ4n) is 2.50. The number of hydrogen-bond donors (Lipinski definition) is 0. The molecule has 0 amide bonds. The number of hydrogen-bond acceptors (Lipinski definition) is 7. The predicted octanol–water partition coefficient (Wildman–Crippen LogP) is 3.11. The summed E-state index contributed by atoms with van der Waals surface area (Å²) in [6, 6.07) is 10.0. The molecule has 25 heavy (non-hydrogen) atoms. The van der Waals surface area contributed by atoms with E-state index in [0.717, 1.165) is 10.2 Å². The summed E-state index contributed by atoms with van der Waals surface area (Å²) < 4.78 is 16.9. The molecule has 0 fully saturated rings. The van der Waals surface area contributed by atoms with E-state index >= 15 is 0 Å². The fraction of sp³-hybridized carbons (Fsp3) is 0.167. The van der Waals surface area contributed by atoms with E-state index in [2.05, 4.69) is 4.98 Å². The van der Waals surface area contributed by atoms with E-state index in [1.807, 2.05) is 0 Å². The number of rotatable bonds is 4. The molecule has 126 valence electrons. The molecule has 6 nitrogen and oxygen atoms in total. The first-order valence-corrected chi connectivity index (χ1v) is 8.52. The van der Waals surface area contributed by atoms with E-state index in [9.17, 15) is 9.59 Å². The smallest absolute Gasteiger partial charge is 0.338 e. The molecule has 1 aromatic heterocycles. The van der Waals surface area contributed by atoms with Gasteiger partial charge in [0.1, 0.15) is 13.2 Å². The number of Topliss-reactive ketones (excluding diaryl/α,β-unsaturated/α-hetero) is 1. The zero-order valence-electron chi connectivity index (χ0n) is 13.1. The molecule has 0 aliphatic carbocycles. The van der Waals surface area contributed by atoms with Crippen LogP contribution in [0.1, 0.15) is 20.7 Å². The molecular formula is C18H13NO5S. The topological polar surface area (TPSA) is 74.7 Å². The highest BCUT2D eigenvalue weighted by Gasteiger charge is 2.17. The lowest BCUT2D eigenvalue weighted by atomic mass is 10.1. The molecule has 1 aliphatic heterocycles. The number of nitrogens with zero attached hydrogens (tertiary/aromatic N) is 1. The van der Waals surface area contributed by atoms with E-state index in [1.165, 1.54) is 11.3 Å². The summed E-state index contributed by atoms with van der Waals surface area (Å²) in [6.07, 6.45) is 0. The van der Waals surface area contributed by atoms with E-state index in [1.54, 1.807) is 41.9 Å². The quantitative estimate of drug-likeness (QED) is 0.529. The lowest BCUT2D eigenvalue weighted by Gasteiger charge is -2.18. The molecule has 3 aromatic rings. The van der Waals surface area contributed by atoms with Crippen LogP contribution in [0, 0.1) is 0 Å². The van der Waals surface area contributed by atoms with Crippen LogP contribution in [0.2, 0.25) is 0 Å². The van der Waals surface area contributed by atoms with E-state index in [4.69, 9.17) is 14.2 Å². The van der Waals surface area contributed by atoms with Crippen molar-refractivity contribution < 1.29 is 23.8 Å². The summed E-state index contributed by atoms with van der Waals surface area (Å²) in [5.41, 5.74) is 3.35. The standard InChI is InChI=1S/C18H13NO5S/c20-14(11-2-4-15-16(7-11)23-6-5-22-15)9-24-18(21)12-1-3-13-17(8-12)25-10-19-13/h1-4,7-8,10H,5-6,9H2. The van der Waals surface area contributed by atoms with Crippen LogP contribution in [0.3, 0.4) is 0 Å². The molecule has 1 aliphatic rings. The zero-order valence-corrected chi connectivity index (χ0v) is 13.9. The van der Waals surface area contributed by atoms with Gasteiger partial charge < -0.3 is 14.2 Å². The molecule has 4 rings (SSSR count). The van der Waals surface area contributed by atoms with Crippen molar-refractivity contribution in [2.24, 2.45) is 0 Å². The predicted molar refractivity (Wildman–Crippen MR) is 91.7 cm³/mol. The van der Waals surface area contributed by atoms with E-state index < -0.39 is 5.97 Å². The summed E-state index contributed by atoms with van der Waals surface area (Å²) in [6.45, 7) is 0.598. The van der Waals surface area contributed by atoms with Gasteiger partial charge in [0.05, 0.1) is 21.3 Å². The van der Waals surface area contributed by atoms with Gasteiger partial charge >= 0.3 is 5.97 Å². The van der Waals surface area contributed by atoms with Crippen LogP contribution in [0.15, 0.2) is 41.9 Å². The van der Waals surface area contributed by atoms with Gasteiger partial charge in [-0.15, -0.1) is 11.3 Å². The van der Waals surface area contributed by atoms with Gasteiger partial charge in [-0.2, -0.15) is 0 Å². The molecule has 7 heteroatoms. The number of aromatic nitrogens is 1. The minimum atomic E-state index is -0.541. The largest absolute Gasteiger partial charge is 0.486 e. The van der Waals surface area contributed by atoms with Crippen LogP contribution >= 0.6 is 11.3 Å². The van der Waals surface area contributed by atoms with Gasteiger partial charge in [-0.3, -0.25) is 4.79 Å². The van der Waals surface area contributed by atoms with Gasteiger partial charge in [0.2, 0.25) is 0 Å². The van der Waals surface area contributed by atoms with Crippen molar-refractivity contribution >= 4 is 33.3 Å². The summed E-state index contributed by atoms with van der Waals surface area (Å²) in [5, 5.41) is 0. The van der Waals surface area contributed by atoms with Crippen molar-refractivity contribution in [3.05, 3.63) is 53.0 Å². The Kier molecular flexibility index (Phi) is 4.07. The van der Waals surface area contributed by atoms with Crippen molar-refractivity contribution in [1.82, 2.24) is 4.98 Å². The van der Waals surface area contributed by atoms with Crippen LogP contribution in [0.4, 0.5) is 0 Å². The number of ketones is 1. The maximum absolute atomic E-state index is 12.3. The van der Waals surface area contributed by atoms with Gasteiger partial charge in [-0.25, -0.2) is 9.78 Å². The maximum Gasteiger partial charge on any atom is 0.338 e. The van der Waals surface area contributed by atoms with Gasteiger partial charge in [0.15, 0.2) is 23.9 Å². The lowest BCUT2D eigenvalue weighted by molar-refractivity contribution is 0.0475. The molecule has 0 atom stereocenters. The fourth-order valence-corrected chi connectivity index (χ4v) is 3.21. The van der Waals surface area contributed by atoms with Crippen LogP contribution in [0.5, 0.6) is 11.5 Å². The van der Waals surface area contributed by atoms with Gasteiger partial charge in [0, 0.05) is 5.56 Å². The van der Waals surface area contributed by atoms with Crippen molar-refractivity contribution in [3.63, 3.8) is 0 Å². The van der Waals surface area contributed by atoms with Crippen molar-refractivity contribution in [2.75, 3.05) is 19.8 Å². The molecule has 0 unspecified atom stereocenters. The van der Waals surface area contributed by atoms with E-state index in [-0.39, 0.29) is 12.4 Å². The number of fused-ring (bicyclic) bond motifs is 2. The van der Waals surface area contributed by atoms with E-state index in [0.29, 0.717) is 35.8 Å².